The fraction of sp³-hybridized carbons (Fsp3) is 0.400. The van der Waals surface area contributed by atoms with E-state index in [0.29, 0.717) is 5.69 Å². The molecule has 1 atom stereocenters. The number of anilines is 1. The molecule has 1 aliphatic rings. The first-order chi connectivity index (χ1) is 12.6. The molecule has 2 heterocycles. The number of amides is 1. The summed E-state index contributed by atoms with van der Waals surface area (Å²) in [4.78, 5) is 12.0. The van der Waals surface area contributed by atoms with Gasteiger partial charge in [0.25, 0.3) is 5.92 Å². The van der Waals surface area contributed by atoms with Gasteiger partial charge in [-0.2, -0.15) is 5.10 Å². The third-order valence-corrected chi connectivity index (χ3v) is 6.04. The van der Waals surface area contributed by atoms with E-state index < -0.39 is 45.5 Å². The minimum Gasteiger partial charge on any atom is -0.322 e. The zero-order chi connectivity index (χ0) is 19.8. The summed E-state index contributed by atoms with van der Waals surface area (Å²) < 4.78 is 51.5. The summed E-state index contributed by atoms with van der Waals surface area (Å²) in [5, 5.41) is 15.8. The van der Waals surface area contributed by atoms with Gasteiger partial charge in [0, 0.05) is 29.6 Å². The van der Waals surface area contributed by atoms with Gasteiger partial charge in [-0.05, 0) is 6.07 Å². The average Bonchev–Trinajstić information content (AvgIpc) is 2.98. The highest BCUT2D eigenvalue weighted by Gasteiger charge is 2.58. The summed E-state index contributed by atoms with van der Waals surface area (Å²) in [6.07, 6.45) is 3.34. The fourth-order valence-corrected chi connectivity index (χ4v) is 4.27. The third-order valence-electron chi connectivity index (χ3n) is 4.03. The Hall–Kier alpha value is -2.27. The van der Waals surface area contributed by atoms with Crippen molar-refractivity contribution in [1.82, 2.24) is 9.78 Å². The highest BCUT2D eigenvalue weighted by Crippen LogP contribution is 2.49. The molecular formula is C15H16ClF2N4O4S+. The van der Waals surface area contributed by atoms with E-state index in [0.717, 1.165) is 4.73 Å². The highest BCUT2D eigenvalue weighted by atomic mass is 35.5. The molecule has 2 aromatic rings. The molecule has 1 aliphatic carbocycles. The molecule has 1 fully saturated rings. The van der Waals surface area contributed by atoms with E-state index in [4.69, 9.17) is 11.6 Å². The molecule has 3 rings (SSSR count). The first-order valence-corrected chi connectivity index (χ1v) is 10.1. The Morgan fingerprint density at radius 3 is 2.85 bits per heavy atom. The number of hydrogen-bond acceptors (Lipinski definition) is 5. The van der Waals surface area contributed by atoms with Crippen molar-refractivity contribution >= 4 is 33.0 Å². The molecule has 2 aromatic heterocycles. The largest absolute Gasteiger partial charge is 0.322 e. The maximum atomic E-state index is 12.8. The van der Waals surface area contributed by atoms with Crippen molar-refractivity contribution in [2.75, 3.05) is 16.8 Å². The average molecular weight is 422 g/mol. The van der Waals surface area contributed by atoms with Crippen LogP contribution in [0.25, 0.3) is 5.69 Å². The molecule has 12 heteroatoms. The van der Waals surface area contributed by atoms with Crippen LogP contribution in [-0.4, -0.2) is 46.7 Å². The summed E-state index contributed by atoms with van der Waals surface area (Å²) in [5.41, 5.74) is 0.622. The van der Waals surface area contributed by atoms with Crippen LogP contribution in [-0.2, 0) is 14.6 Å². The summed E-state index contributed by atoms with van der Waals surface area (Å²) >= 11 is 5.96. The third kappa shape index (κ3) is 4.92. The number of alkyl halides is 2. The second kappa shape index (κ2) is 7.04. The van der Waals surface area contributed by atoms with Crippen molar-refractivity contribution in [3.63, 3.8) is 0 Å². The van der Waals surface area contributed by atoms with Crippen LogP contribution in [0.3, 0.4) is 0 Å². The standard InChI is InChI=1S/C15H15ClF2N4O4S/c16-14-12(8-22(20-14)11-2-1-4-21(24)7-11)19-13(23)3-5-27(25,26)9-10-6-15(10,17)18/h1-2,4,7-8,10H,3,5-6,9H2,(H-,19,23,24)/p+1. The minimum atomic E-state index is -3.75. The maximum absolute atomic E-state index is 12.8. The van der Waals surface area contributed by atoms with E-state index in [9.17, 15) is 27.2 Å². The zero-order valence-corrected chi connectivity index (χ0v) is 15.4. The molecule has 1 unspecified atom stereocenters. The van der Waals surface area contributed by atoms with Crippen LogP contribution in [0.2, 0.25) is 5.15 Å². The van der Waals surface area contributed by atoms with Crippen molar-refractivity contribution in [3.05, 3.63) is 35.9 Å². The Labute approximate surface area is 158 Å². The van der Waals surface area contributed by atoms with Gasteiger partial charge in [0.05, 0.1) is 23.4 Å². The maximum Gasteiger partial charge on any atom is 0.252 e. The van der Waals surface area contributed by atoms with Gasteiger partial charge < -0.3 is 5.32 Å². The molecule has 27 heavy (non-hydrogen) atoms. The molecule has 146 valence electrons. The summed E-state index contributed by atoms with van der Waals surface area (Å²) in [6.45, 7) is 0. The molecule has 1 amide bonds. The number of aromatic nitrogens is 3. The lowest BCUT2D eigenvalue weighted by atomic mass is 10.4. The van der Waals surface area contributed by atoms with Crippen molar-refractivity contribution < 1.29 is 31.9 Å². The number of carbonyl (C=O) groups is 1. The number of nitrogens with one attached hydrogen (secondary N) is 1. The molecule has 1 saturated carbocycles. The molecule has 0 saturated heterocycles. The first-order valence-electron chi connectivity index (χ1n) is 7.90. The van der Waals surface area contributed by atoms with E-state index >= 15 is 0 Å². The smallest absolute Gasteiger partial charge is 0.252 e. The molecule has 0 radical (unpaired) electrons. The molecule has 2 N–H and O–H groups in total. The Balaban J connectivity index is 1.58. The highest BCUT2D eigenvalue weighted by molar-refractivity contribution is 7.91. The van der Waals surface area contributed by atoms with Gasteiger partial charge in [0.1, 0.15) is 5.69 Å². The van der Waals surface area contributed by atoms with Gasteiger partial charge in [0.15, 0.2) is 15.0 Å². The monoisotopic (exact) mass is 421 g/mol. The number of halogens is 3. The molecule has 0 aliphatic heterocycles. The number of hydrogen-bond donors (Lipinski definition) is 2. The van der Waals surface area contributed by atoms with Crippen molar-refractivity contribution in [2.24, 2.45) is 5.92 Å². The van der Waals surface area contributed by atoms with Gasteiger partial charge in [-0.1, -0.05) is 11.6 Å². The molecular weight excluding hydrogens is 406 g/mol. The van der Waals surface area contributed by atoms with Crippen LogP contribution in [0.4, 0.5) is 14.5 Å². The van der Waals surface area contributed by atoms with Crippen LogP contribution < -0.4 is 10.0 Å². The van der Waals surface area contributed by atoms with Crippen LogP contribution in [0.1, 0.15) is 12.8 Å². The lowest BCUT2D eigenvalue weighted by molar-refractivity contribution is -0.904. The quantitative estimate of drug-likeness (QED) is 0.520. The number of carbonyl (C=O) groups excluding carboxylic acids is 1. The van der Waals surface area contributed by atoms with Gasteiger partial charge in [-0.25, -0.2) is 21.9 Å². The Morgan fingerprint density at radius 1 is 1.52 bits per heavy atom. The van der Waals surface area contributed by atoms with Gasteiger partial charge in [-0.15, -0.1) is 0 Å². The predicted octanol–water partition coefficient (Wildman–Crippen LogP) is 1.45. The summed E-state index contributed by atoms with van der Waals surface area (Å²) in [6, 6.07) is 3.21. The lowest BCUT2D eigenvalue weighted by Gasteiger charge is -2.05. The topological polar surface area (TPSA) is 105 Å². The van der Waals surface area contributed by atoms with Crippen molar-refractivity contribution in [3.8, 4) is 5.69 Å². The zero-order valence-electron chi connectivity index (χ0n) is 13.8. The van der Waals surface area contributed by atoms with E-state index in [1.807, 2.05) is 0 Å². The summed E-state index contributed by atoms with van der Waals surface area (Å²) in [7, 11) is -3.75. The normalized spacial score (nSPS) is 18.3. The molecule has 8 nitrogen and oxygen atoms in total. The Bertz CT molecular complexity index is 980. The van der Waals surface area contributed by atoms with Gasteiger partial charge >= 0.3 is 0 Å². The number of sulfone groups is 1. The van der Waals surface area contributed by atoms with E-state index in [1.165, 1.54) is 23.3 Å². The second-order valence-electron chi connectivity index (χ2n) is 6.29. The fourth-order valence-electron chi connectivity index (χ4n) is 2.46. The second-order valence-corrected chi connectivity index (χ2v) is 8.88. The van der Waals surface area contributed by atoms with E-state index in [2.05, 4.69) is 10.4 Å². The molecule has 0 spiro atoms. The Morgan fingerprint density at radius 2 is 2.22 bits per heavy atom. The molecule has 0 bridgehead atoms. The van der Waals surface area contributed by atoms with E-state index in [1.54, 1.807) is 12.1 Å². The van der Waals surface area contributed by atoms with Crippen molar-refractivity contribution in [2.45, 2.75) is 18.8 Å². The number of nitrogens with zero attached hydrogens (tertiary/aromatic N) is 3. The predicted molar refractivity (Wildman–Crippen MR) is 90.9 cm³/mol. The van der Waals surface area contributed by atoms with Gasteiger partial charge in [0.2, 0.25) is 18.3 Å². The minimum absolute atomic E-state index is 0.0304. The van der Waals surface area contributed by atoms with E-state index in [-0.39, 0.29) is 17.3 Å². The van der Waals surface area contributed by atoms with Crippen LogP contribution in [0, 0.1) is 5.92 Å². The number of pyridine rings is 1. The van der Waals surface area contributed by atoms with Gasteiger partial charge in [-0.3, -0.25) is 10.0 Å². The molecule has 0 aromatic carbocycles. The van der Waals surface area contributed by atoms with Crippen LogP contribution in [0.5, 0.6) is 0 Å². The number of rotatable bonds is 7. The first kappa shape index (κ1) is 19.5. The SMILES string of the molecule is O=C(CCS(=O)(=O)CC1CC1(F)F)Nc1cn(-c2ccc[n+](O)c2)nc1Cl. The Kier molecular flexibility index (Phi) is 5.08. The lowest BCUT2D eigenvalue weighted by Crippen LogP contribution is -2.29. The van der Waals surface area contributed by atoms with Crippen LogP contribution >= 0.6 is 11.6 Å². The van der Waals surface area contributed by atoms with Crippen LogP contribution in [0.15, 0.2) is 30.7 Å². The van der Waals surface area contributed by atoms with Crippen molar-refractivity contribution in [1.29, 1.82) is 0 Å². The summed E-state index contributed by atoms with van der Waals surface area (Å²) in [5.74, 6) is -5.85.